The molecule has 11 heteroatoms. The van der Waals surface area contributed by atoms with Gasteiger partial charge in [0.15, 0.2) is 5.01 Å². The van der Waals surface area contributed by atoms with E-state index in [2.05, 4.69) is 15.5 Å². The summed E-state index contributed by atoms with van der Waals surface area (Å²) in [6.45, 7) is 1.80. The Kier molecular flexibility index (Phi) is 6.35. The number of cyclic esters (lactones) is 1. The second kappa shape index (κ2) is 8.74. The van der Waals surface area contributed by atoms with Crippen LogP contribution in [0.1, 0.15) is 11.9 Å². The summed E-state index contributed by atoms with van der Waals surface area (Å²) >= 11 is 1.25. The predicted molar refractivity (Wildman–Crippen MR) is 104 cm³/mol. The van der Waals surface area contributed by atoms with Crippen molar-refractivity contribution in [3.63, 3.8) is 0 Å². The lowest BCUT2D eigenvalue weighted by Gasteiger charge is -2.14. The van der Waals surface area contributed by atoms with Crippen LogP contribution in [0.2, 0.25) is 0 Å². The molecule has 1 fully saturated rings. The van der Waals surface area contributed by atoms with Crippen molar-refractivity contribution < 1.29 is 22.9 Å². The Morgan fingerprint density at radius 1 is 1.46 bits per heavy atom. The number of nitrogens with zero attached hydrogens (tertiary/aromatic N) is 3. The summed E-state index contributed by atoms with van der Waals surface area (Å²) in [4.78, 5) is 24.4. The third kappa shape index (κ3) is 4.90. The molecular formula is C17H19FN4O4S2. The molecule has 0 spiro atoms. The molecule has 0 bridgehead atoms. The lowest BCUT2D eigenvalue weighted by molar-refractivity contribution is -0.119. The number of amides is 2. The fraction of sp³-hybridized carbons (Fsp3) is 0.412. The van der Waals surface area contributed by atoms with Crippen molar-refractivity contribution in [3.05, 3.63) is 29.0 Å². The third-order valence-electron chi connectivity index (χ3n) is 4.02. The van der Waals surface area contributed by atoms with E-state index in [0.717, 1.165) is 0 Å². The topological polar surface area (TPSA) is 101 Å². The van der Waals surface area contributed by atoms with Gasteiger partial charge >= 0.3 is 6.09 Å². The molecule has 2 heterocycles. The smallest absolute Gasteiger partial charge is 0.414 e. The number of ether oxygens (including phenoxy) is 1. The minimum atomic E-state index is -0.929. The molecule has 0 aliphatic carbocycles. The molecule has 1 aliphatic rings. The zero-order chi connectivity index (χ0) is 20.3. The minimum Gasteiger partial charge on any atom is -0.442 e. The van der Waals surface area contributed by atoms with Gasteiger partial charge in [-0.25, -0.2) is 9.18 Å². The molecule has 1 unspecified atom stereocenters. The number of anilines is 1. The Balaban J connectivity index is 1.71. The summed E-state index contributed by atoms with van der Waals surface area (Å²) in [5.74, 6) is -0.267. The molecule has 1 saturated heterocycles. The molecule has 2 aromatic rings. The van der Waals surface area contributed by atoms with Gasteiger partial charge in [-0.2, -0.15) is 0 Å². The highest BCUT2D eigenvalue weighted by Gasteiger charge is 2.32. The largest absolute Gasteiger partial charge is 0.442 e. The normalized spacial score (nSPS) is 17.5. The van der Waals surface area contributed by atoms with E-state index in [-0.39, 0.29) is 24.6 Å². The fourth-order valence-corrected chi connectivity index (χ4v) is 4.11. The van der Waals surface area contributed by atoms with E-state index in [1.807, 2.05) is 0 Å². The van der Waals surface area contributed by atoms with Crippen LogP contribution in [0.4, 0.5) is 14.9 Å². The van der Waals surface area contributed by atoms with E-state index in [1.165, 1.54) is 29.2 Å². The number of rotatable bonds is 7. The average molecular weight is 426 g/mol. The summed E-state index contributed by atoms with van der Waals surface area (Å²) in [5.41, 5.74) is 0.648. The maximum absolute atomic E-state index is 14.6. The molecule has 0 radical (unpaired) electrons. The summed E-state index contributed by atoms with van der Waals surface area (Å²) in [5, 5.41) is 11.7. The molecule has 1 aliphatic heterocycles. The molecule has 28 heavy (non-hydrogen) atoms. The highest BCUT2D eigenvalue weighted by Crippen LogP contribution is 2.30. The maximum atomic E-state index is 14.6. The first-order chi connectivity index (χ1) is 13.3. The van der Waals surface area contributed by atoms with Crippen LogP contribution >= 0.6 is 11.3 Å². The first kappa shape index (κ1) is 20.3. The molecule has 150 valence electrons. The first-order valence-corrected chi connectivity index (χ1v) is 11.0. The molecular weight excluding hydrogens is 407 g/mol. The molecule has 2 atom stereocenters. The second-order valence-corrected chi connectivity index (χ2v) is 8.86. The third-order valence-corrected chi connectivity index (χ3v) is 5.81. The Morgan fingerprint density at radius 3 is 2.93 bits per heavy atom. The van der Waals surface area contributed by atoms with Crippen molar-refractivity contribution in [3.8, 4) is 10.6 Å². The Hall–Kier alpha value is -2.40. The van der Waals surface area contributed by atoms with E-state index in [4.69, 9.17) is 4.74 Å². The van der Waals surface area contributed by atoms with E-state index in [0.29, 0.717) is 27.9 Å². The van der Waals surface area contributed by atoms with Gasteiger partial charge in [0.05, 0.1) is 18.8 Å². The van der Waals surface area contributed by atoms with Crippen LogP contribution in [-0.4, -0.2) is 57.6 Å². The van der Waals surface area contributed by atoms with Crippen molar-refractivity contribution in [2.75, 3.05) is 30.0 Å². The van der Waals surface area contributed by atoms with Gasteiger partial charge in [0.1, 0.15) is 16.9 Å². The van der Waals surface area contributed by atoms with Crippen molar-refractivity contribution in [2.24, 2.45) is 0 Å². The quantitative estimate of drug-likeness (QED) is 0.724. The molecule has 1 N–H and O–H groups in total. The summed E-state index contributed by atoms with van der Waals surface area (Å²) < 4.78 is 31.0. The predicted octanol–water partition coefficient (Wildman–Crippen LogP) is 1.73. The van der Waals surface area contributed by atoms with E-state index < -0.39 is 28.8 Å². The average Bonchev–Trinajstić information content (AvgIpc) is 3.24. The molecule has 1 aromatic carbocycles. The number of carbonyl (C=O) groups excluding carboxylic acids is 2. The number of nitrogens with one attached hydrogen (secondary N) is 1. The van der Waals surface area contributed by atoms with Gasteiger partial charge in [-0.15, -0.1) is 10.2 Å². The second-order valence-electron chi connectivity index (χ2n) is 6.25. The van der Waals surface area contributed by atoms with Gasteiger partial charge in [-0.1, -0.05) is 11.3 Å². The van der Waals surface area contributed by atoms with E-state index in [1.54, 1.807) is 18.4 Å². The van der Waals surface area contributed by atoms with Crippen LogP contribution < -0.4 is 10.2 Å². The highest BCUT2D eigenvalue weighted by atomic mass is 32.2. The number of aryl methyl sites for hydroxylation is 1. The lowest BCUT2D eigenvalue weighted by atomic mass is 10.2. The summed E-state index contributed by atoms with van der Waals surface area (Å²) in [7, 11) is -0.929. The van der Waals surface area contributed by atoms with Gasteiger partial charge in [0.2, 0.25) is 5.91 Å². The Morgan fingerprint density at radius 2 is 2.25 bits per heavy atom. The van der Waals surface area contributed by atoms with Crippen LogP contribution in [0.25, 0.3) is 10.6 Å². The number of hydrogen-bond acceptors (Lipinski definition) is 7. The number of halogens is 1. The summed E-state index contributed by atoms with van der Waals surface area (Å²) in [6.07, 6.45) is 1.06. The first-order valence-electron chi connectivity index (χ1n) is 8.48. The van der Waals surface area contributed by atoms with Gasteiger partial charge in [0, 0.05) is 41.7 Å². The van der Waals surface area contributed by atoms with Gasteiger partial charge < -0.3 is 10.1 Å². The van der Waals surface area contributed by atoms with Crippen LogP contribution in [0, 0.1) is 5.82 Å². The molecule has 0 saturated carbocycles. The summed E-state index contributed by atoms with van der Waals surface area (Å²) in [6, 6.07) is 4.41. The highest BCUT2D eigenvalue weighted by molar-refractivity contribution is 7.84. The van der Waals surface area contributed by atoms with Gasteiger partial charge in [-0.05, 0) is 18.2 Å². The number of benzene rings is 1. The molecule has 3 rings (SSSR count). The zero-order valence-electron chi connectivity index (χ0n) is 15.3. The fourth-order valence-electron chi connectivity index (χ4n) is 2.64. The monoisotopic (exact) mass is 426 g/mol. The van der Waals surface area contributed by atoms with Crippen molar-refractivity contribution in [1.82, 2.24) is 15.5 Å². The minimum absolute atomic E-state index is 0.203. The van der Waals surface area contributed by atoms with E-state index in [9.17, 15) is 18.2 Å². The van der Waals surface area contributed by atoms with Gasteiger partial charge in [-0.3, -0.25) is 13.9 Å². The Bertz CT molecular complexity index is 920. The van der Waals surface area contributed by atoms with Crippen LogP contribution in [-0.2, 0) is 26.8 Å². The lowest BCUT2D eigenvalue weighted by Crippen LogP contribution is -2.33. The number of carbonyl (C=O) groups is 2. The standard InChI is InChI=1S/C17H19FN4O4S2/c1-10(23)19-8-12-9-22(17(24)26-12)11-3-4-13(14(18)7-11)16-21-20-15(27-16)5-6-28(2)25/h3-4,7,12H,5-6,8-9H2,1-2H3,(H,19,23)/t12-,28?/m0/s1. The maximum Gasteiger partial charge on any atom is 0.414 e. The zero-order valence-corrected chi connectivity index (χ0v) is 16.9. The van der Waals surface area contributed by atoms with E-state index >= 15 is 0 Å². The molecule has 8 nitrogen and oxygen atoms in total. The number of aromatic nitrogens is 2. The SMILES string of the molecule is CC(=O)NC[C@H]1CN(c2ccc(-c3nnc(CCS(C)=O)s3)c(F)c2)C(=O)O1. The van der Waals surface area contributed by atoms with Crippen molar-refractivity contribution >= 4 is 39.8 Å². The Labute approximate surface area is 167 Å². The molecule has 1 aromatic heterocycles. The number of hydrogen-bond donors (Lipinski definition) is 1. The van der Waals surface area contributed by atoms with Crippen LogP contribution in [0.15, 0.2) is 18.2 Å². The van der Waals surface area contributed by atoms with Crippen molar-refractivity contribution in [1.29, 1.82) is 0 Å². The van der Waals surface area contributed by atoms with Crippen LogP contribution in [0.3, 0.4) is 0 Å². The van der Waals surface area contributed by atoms with Crippen LogP contribution in [0.5, 0.6) is 0 Å². The molecule has 2 amide bonds. The van der Waals surface area contributed by atoms with Crippen molar-refractivity contribution in [2.45, 2.75) is 19.4 Å². The van der Waals surface area contributed by atoms with Gasteiger partial charge in [0.25, 0.3) is 0 Å².